The zero-order valence-corrected chi connectivity index (χ0v) is 6.65. The van der Waals surface area contributed by atoms with Gasteiger partial charge in [0.1, 0.15) is 20.1 Å². The molecule has 0 aromatic heterocycles. The van der Waals surface area contributed by atoms with Gasteiger partial charge in [0.2, 0.25) is 0 Å². The fourth-order valence-electron chi connectivity index (χ4n) is 0.324. The molecule has 52 valence electrons. The van der Waals surface area contributed by atoms with Crippen LogP contribution < -0.4 is 0 Å². The van der Waals surface area contributed by atoms with Gasteiger partial charge >= 0.3 is 0 Å². The van der Waals surface area contributed by atoms with E-state index in [0.717, 1.165) is 0 Å². The molecule has 0 heterocycles. The second-order valence-corrected chi connectivity index (χ2v) is 5.66. The van der Waals surface area contributed by atoms with Crippen LogP contribution in [0.15, 0.2) is 0 Å². The second-order valence-electron chi connectivity index (χ2n) is 2.26. The summed E-state index contributed by atoms with van der Waals surface area (Å²) in [5.74, 6) is 2.30. The van der Waals surface area contributed by atoms with Crippen molar-refractivity contribution in [2.75, 3.05) is 26.3 Å². The lowest BCUT2D eigenvalue weighted by Crippen LogP contribution is -1.93. The maximum Gasteiger partial charge on any atom is 0.108 e. The van der Waals surface area contributed by atoms with Crippen LogP contribution in [0.25, 0.3) is 0 Å². The van der Waals surface area contributed by atoms with Gasteiger partial charge in [0.15, 0.2) is 0 Å². The van der Waals surface area contributed by atoms with Gasteiger partial charge in [-0.3, -0.25) is 0 Å². The molecule has 9 heavy (non-hydrogen) atoms. The van der Waals surface area contributed by atoms with E-state index in [2.05, 4.69) is 5.92 Å². The van der Waals surface area contributed by atoms with Crippen LogP contribution in [0.4, 0.5) is 0 Å². The molecule has 0 aliphatic heterocycles. The van der Waals surface area contributed by atoms with Crippen LogP contribution in [0.5, 0.6) is 0 Å². The third-order valence-corrected chi connectivity index (χ3v) is 1.39. The lowest BCUT2D eigenvalue weighted by molar-refractivity contribution is 0.214. The number of rotatable bonds is 3. The van der Waals surface area contributed by atoms with Gasteiger partial charge in [-0.25, -0.2) is 0 Å². The van der Waals surface area contributed by atoms with E-state index < -0.39 is 7.14 Å². The average Bonchev–Trinajstić information content (AvgIpc) is 1.63. The molecular weight excluding hydrogens is 135 g/mol. The Morgan fingerprint density at radius 1 is 1.67 bits per heavy atom. The van der Waals surface area contributed by atoms with E-state index >= 15 is 0 Å². The highest BCUT2D eigenvalue weighted by Gasteiger charge is 2.04. The maximum absolute atomic E-state index is 10.9. The molecule has 0 atom stereocenters. The standard InChI is InChI=1S/C6H11O2P/c1-4-5-8-6-9(2,3)7/h1H,5-6H2,2-3H3. The molecule has 0 saturated carbocycles. The molecule has 0 unspecified atom stereocenters. The molecule has 0 aliphatic carbocycles. The van der Waals surface area contributed by atoms with Crippen LogP contribution in [-0.2, 0) is 9.30 Å². The first-order valence-electron chi connectivity index (χ1n) is 2.61. The Bertz CT molecular complexity index is 151. The van der Waals surface area contributed by atoms with Crippen molar-refractivity contribution in [1.29, 1.82) is 0 Å². The fraction of sp³-hybridized carbons (Fsp3) is 0.667. The Balaban J connectivity index is 3.32. The summed E-state index contributed by atoms with van der Waals surface area (Å²) in [5.41, 5.74) is 0. The molecule has 0 fully saturated rings. The third-order valence-electron chi connectivity index (χ3n) is 0.588. The molecule has 3 heteroatoms. The van der Waals surface area contributed by atoms with Gasteiger partial charge < -0.3 is 9.30 Å². The number of terminal acetylenes is 1. The first kappa shape index (κ1) is 8.75. The zero-order chi connectivity index (χ0) is 7.33. The van der Waals surface area contributed by atoms with Gasteiger partial charge in [-0.2, -0.15) is 0 Å². The van der Waals surface area contributed by atoms with Crippen LogP contribution in [0.3, 0.4) is 0 Å². The maximum atomic E-state index is 10.9. The lowest BCUT2D eigenvalue weighted by atomic mass is 10.8. The quantitative estimate of drug-likeness (QED) is 0.340. The molecule has 0 aromatic carbocycles. The van der Waals surface area contributed by atoms with E-state index in [9.17, 15) is 4.57 Å². The Morgan fingerprint density at radius 2 is 2.22 bits per heavy atom. The lowest BCUT2D eigenvalue weighted by Gasteiger charge is -2.03. The Hall–Kier alpha value is -0.250. The van der Waals surface area contributed by atoms with Crippen molar-refractivity contribution in [3.8, 4) is 12.3 Å². The molecule has 0 saturated heterocycles. The Kier molecular flexibility index (Phi) is 3.61. The molecule has 0 amide bonds. The minimum absolute atomic E-state index is 0.256. The zero-order valence-electron chi connectivity index (χ0n) is 5.76. The summed E-state index contributed by atoms with van der Waals surface area (Å²) in [6, 6.07) is 0. The summed E-state index contributed by atoms with van der Waals surface area (Å²) in [7, 11) is -2.01. The number of hydrogen-bond donors (Lipinski definition) is 0. The van der Waals surface area contributed by atoms with Crippen LogP contribution in [0.1, 0.15) is 0 Å². The largest absolute Gasteiger partial charge is 0.361 e. The van der Waals surface area contributed by atoms with Crippen LogP contribution in [0.2, 0.25) is 0 Å². The van der Waals surface area contributed by atoms with Crippen LogP contribution in [-0.4, -0.2) is 26.3 Å². The van der Waals surface area contributed by atoms with Crippen LogP contribution >= 0.6 is 7.14 Å². The van der Waals surface area contributed by atoms with Gasteiger partial charge in [0.25, 0.3) is 0 Å². The topological polar surface area (TPSA) is 26.3 Å². The van der Waals surface area contributed by atoms with Gasteiger partial charge in [-0.05, 0) is 13.3 Å². The first-order chi connectivity index (χ1) is 4.06. The third kappa shape index (κ3) is 7.75. The smallest absolute Gasteiger partial charge is 0.108 e. The van der Waals surface area contributed by atoms with E-state index in [0.29, 0.717) is 0 Å². The summed E-state index contributed by atoms with van der Waals surface area (Å²) in [4.78, 5) is 0. The van der Waals surface area contributed by atoms with Crippen molar-refractivity contribution in [2.24, 2.45) is 0 Å². The first-order valence-corrected chi connectivity index (χ1v) is 5.40. The van der Waals surface area contributed by atoms with Gasteiger partial charge in [-0.1, -0.05) is 5.92 Å². The van der Waals surface area contributed by atoms with Crippen molar-refractivity contribution in [3.63, 3.8) is 0 Å². The molecular formula is C6H11O2P. The monoisotopic (exact) mass is 146 g/mol. The van der Waals surface area contributed by atoms with Crippen LogP contribution in [0, 0.1) is 12.3 Å². The highest BCUT2D eigenvalue weighted by molar-refractivity contribution is 7.62. The van der Waals surface area contributed by atoms with E-state index in [1.54, 1.807) is 13.3 Å². The fourth-order valence-corrected chi connectivity index (χ4v) is 0.855. The van der Waals surface area contributed by atoms with Crippen molar-refractivity contribution < 1.29 is 9.30 Å². The summed E-state index contributed by atoms with van der Waals surface area (Å²) in [6.07, 6.45) is 5.18. The molecule has 2 nitrogen and oxygen atoms in total. The van der Waals surface area contributed by atoms with E-state index in [1.807, 2.05) is 0 Å². The average molecular weight is 146 g/mol. The molecule has 0 aliphatic rings. The van der Waals surface area contributed by atoms with E-state index in [-0.39, 0.29) is 13.0 Å². The molecule has 0 radical (unpaired) electrons. The van der Waals surface area contributed by atoms with Crippen molar-refractivity contribution >= 4 is 7.14 Å². The minimum Gasteiger partial charge on any atom is -0.361 e. The SMILES string of the molecule is C#CCOCP(C)(C)=O. The van der Waals surface area contributed by atoms with E-state index in [4.69, 9.17) is 11.2 Å². The van der Waals surface area contributed by atoms with Gasteiger partial charge in [-0.15, -0.1) is 6.42 Å². The molecule has 0 spiro atoms. The van der Waals surface area contributed by atoms with Crippen molar-refractivity contribution in [2.45, 2.75) is 0 Å². The minimum atomic E-state index is -2.01. The molecule has 0 aromatic rings. The van der Waals surface area contributed by atoms with Gasteiger partial charge in [0, 0.05) is 0 Å². The summed E-state index contributed by atoms with van der Waals surface area (Å²) < 4.78 is 15.7. The Labute approximate surface area is 56.0 Å². The highest BCUT2D eigenvalue weighted by Crippen LogP contribution is 2.34. The summed E-state index contributed by atoms with van der Waals surface area (Å²) >= 11 is 0. The normalized spacial score (nSPS) is 10.8. The predicted octanol–water partition coefficient (Wildman–Crippen LogP) is 1.22. The molecule has 0 rings (SSSR count). The molecule has 0 N–H and O–H groups in total. The summed E-state index contributed by atoms with van der Waals surface area (Å²) in [6.45, 7) is 3.60. The number of hydrogen-bond acceptors (Lipinski definition) is 2. The Morgan fingerprint density at radius 3 is 2.56 bits per heavy atom. The van der Waals surface area contributed by atoms with Crippen molar-refractivity contribution in [3.05, 3.63) is 0 Å². The van der Waals surface area contributed by atoms with E-state index in [1.165, 1.54) is 0 Å². The second kappa shape index (κ2) is 3.71. The number of ether oxygens (including phenoxy) is 1. The highest BCUT2D eigenvalue weighted by atomic mass is 31.2. The summed E-state index contributed by atoms with van der Waals surface area (Å²) in [5, 5.41) is 0. The molecule has 0 bridgehead atoms. The predicted molar refractivity (Wildman–Crippen MR) is 39.1 cm³/mol. The van der Waals surface area contributed by atoms with Crippen molar-refractivity contribution in [1.82, 2.24) is 0 Å². The van der Waals surface area contributed by atoms with Gasteiger partial charge in [0.05, 0.1) is 0 Å².